The molecular formula is C24H28N4O3S. The van der Waals surface area contributed by atoms with Crippen LogP contribution in [-0.2, 0) is 28.3 Å². The Morgan fingerprint density at radius 1 is 1.12 bits per heavy atom. The lowest BCUT2D eigenvalue weighted by Gasteiger charge is -2.18. The van der Waals surface area contributed by atoms with Crippen LogP contribution in [0, 0.1) is 11.8 Å². The lowest BCUT2D eigenvalue weighted by molar-refractivity contribution is -0.120. The van der Waals surface area contributed by atoms with Crippen LogP contribution in [0.4, 0.5) is 0 Å². The van der Waals surface area contributed by atoms with Gasteiger partial charge in [0.1, 0.15) is 5.82 Å². The second-order valence-electron chi connectivity index (χ2n) is 7.27. The fraction of sp³-hybridized carbons (Fsp3) is 0.333. The van der Waals surface area contributed by atoms with Crippen molar-refractivity contribution < 1.29 is 13.2 Å². The third-order valence-corrected chi connectivity index (χ3v) is 7.29. The van der Waals surface area contributed by atoms with Crippen molar-refractivity contribution in [3.8, 4) is 11.8 Å². The van der Waals surface area contributed by atoms with Crippen LogP contribution in [0.5, 0.6) is 0 Å². The molecule has 1 N–H and O–H groups in total. The van der Waals surface area contributed by atoms with Crippen molar-refractivity contribution in [3.05, 3.63) is 59.9 Å². The Morgan fingerprint density at radius 2 is 1.84 bits per heavy atom. The lowest BCUT2D eigenvalue weighted by atomic mass is 10.2. The maximum atomic E-state index is 12.8. The Hall–Kier alpha value is -3.15. The van der Waals surface area contributed by atoms with E-state index in [0.717, 1.165) is 16.9 Å². The molecule has 0 atom stereocenters. The second-order valence-corrected chi connectivity index (χ2v) is 9.21. The number of nitrogens with zero attached hydrogens (tertiary/aromatic N) is 3. The molecule has 1 heterocycles. The summed E-state index contributed by atoms with van der Waals surface area (Å²) in [6, 6.07) is 14.6. The molecule has 0 aliphatic carbocycles. The molecule has 1 amide bonds. The zero-order chi connectivity index (χ0) is 23.1. The maximum Gasteiger partial charge on any atom is 0.243 e. The van der Waals surface area contributed by atoms with Gasteiger partial charge in [-0.15, -0.1) is 0 Å². The van der Waals surface area contributed by atoms with Crippen LogP contribution in [0.25, 0.3) is 11.0 Å². The third-order valence-electron chi connectivity index (χ3n) is 5.24. The van der Waals surface area contributed by atoms with Gasteiger partial charge in [0, 0.05) is 38.5 Å². The van der Waals surface area contributed by atoms with Gasteiger partial charge >= 0.3 is 0 Å². The number of carbonyl (C=O) groups excluding carboxylic acids is 1. The molecule has 0 fully saturated rings. The molecule has 0 spiro atoms. The Balaban J connectivity index is 1.64. The van der Waals surface area contributed by atoms with E-state index in [9.17, 15) is 13.2 Å². The van der Waals surface area contributed by atoms with Crippen LogP contribution < -0.4 is 5.32 Å². The molecule has 0 aliphatic rings. The molecule has 3 rings (SSSR count). The first kappa shape index (κ1) is 23.5. The van der Waals surface area contributed by atoms with Gasteiger partial charge in [0.05, 0.1) is 22.5 Å². The van der Waals surface area contributed by atoms with Gasteiger partial charge in [-0.05, 0) is 30.3 Å². The molecule has 0 aliphatic heterocycles. The second kappa shape index (κ2) is 10.4. The average Bonchev–Trinajstić information content (AvgIpc) is 3.11. The third kappa shape index (κ3) is 5.36. The monoisotopic (exact) mass is 452 g/mol. The van der Waals surface area contributed by atoms with E-state index < -0.39 is 10.0 Å². The highest BCUT2D eigenvalue weighted by Gasteiger charge is 2.22. The predicted molar refractivity (Wildman–Crippen MR) is 125 cm³/mol. The summed E-state index contributed by atoms with van der Waals surface area (Å²) in [7, 11) is -1.68. The van der Waals surface area contributed by atoms with Gasteiger partial charge < -0.3 is 9.88 Å². The highest BCUT2D eigenvalue weighted by Crippen LogP contribution is 2.22. The predicted octanol–water partition coefficient (Wildman–Crippen LogP) is 2.70. The quantitative estimate of drug-likeness (QED) is 0.533. The molecule has 0 radical (unpaired) electrons. The van der Waals surface area contributed by atoms with Gasteiger partial charge in [0.15, 0.2) is 0 Å². The molecule has 0 saturated carbocycles. The number of nitrogens with one attached hydrogen (secondary N) is 1. The maximum absolute atomic E-state index is 12.8. The summed E-state index contributed by atoms with van der Waals surface area (Å²) in [5, 5.41) is 2.80. The van der Waals surface area contributed by atoms with Crippen LogP contribution >= 0.6 is 0 Å². The van der Waals surface area contributed by atoms with Gasteiger partial charge in [-0.2, -0.15) is 4.31 Å². The molecule has 2 aromatic carbocycles. The number of amides is 1. The Morgan fingerprint density at radius 3 is 2.53 bits per heavy atom. The lowest BCUT2D eigenvalue weighted by Crippen LogP contribution is -2.30. The van der Waals surface area contributed by atoms with Crippen LogP contribution in [0.1, 0.15) is 31.7 Å². The summed E-state index contributed by atoms with van der Waals surface area (Å²) in [6.07, 6.45) is 0.718. The van der Waals surface area contributed by atoms with E-state index in [1.807, 2.05) is 55.8 Å². The molecule has 3 aromatic rings. The van der Waals surface area contributed by atoms with Crippen molar-refractivity contribution in [1.82, 2.24) is 19.2 Å². The minimum atomic E-state index is -3.55. The van der Waals surface area contributed by atoms with Crippen LogP contribution in [0.2, 0.25) is 0 Å². The minimum absolute atomic E-state index is 0.107. The van der Waals surface area contributed by atoms with Crippen LogP contribution in [0.3, 0.4) is 0 Å². The zero-order valence-electron chi connectivity index (χ0n) is 18.6. The van der Waals surface area contributed by atoms with E-state index in [-0.39, 0.29) is 23.8 Å². The van der Waals surface area contributed by atoms with E-state index in [2.05, 4.69) is 22.1 Å². The SMILES string of the molecule is CCN(CC)S(=O)(=O)c1ccc2c(c1)nc(CCC(=O)NCC#Cc1ccccc1)n2C. The van der Waals surface area contributed by atoms with Crippen molar-refractivity contribution in [1.29, 1.82) is 0 Å². The minimum Gasteiger partial charge on any atom is -0.345 e. The Kier molecular flexibility index (Phi) is 7.67. The van der Waals surface area contributed by atoms with E-state index in [1.54, 1.807) is 18.2 Å². The first-order chi connectivity index (χ1) is 15.4. The fourth-order valence-corrected chi connectivity index (χ4v) is 4.93. The summed E-state index contributed by atoms with van der Waals surface area (Å²) >= 11 is 0. The highest BCUT2D eigenvalue weighted by atomic mass is 32.2. The molecule has 32 heavy (non-hydrogen) atoms. The molecule has 8 heteroatoms. The molecule has 7 nitrogen and oxygen atoms in total. The number of carbonyl (C=O) groups is 1. The van der Waals surface area contributed by atoms with Crippen molar-refractivity contribution in [2.45, 2.75) is 31.6 Å². The van der Waals surface area contributed by atoms with Crippen molar-refractivity contribution >= 4 is 27.0 Å². The van der Waals surface area contributed by atoms with Gasteiger partial charge in [-0.1, -0.05) is 43.9 Å². The van der Waals surface area contributed by atoms with Gasteiger partial charge in [0.2, 0.25) is 15.9 Å². The Labute approximate surface area is 189 Å². The number of aromatic nitrogens is 2. The van der Waals surface area contributed by atoms with Crippen LogP contribution in [0.15, 0.2) is 53.4 Å². The van der Waals surface area contributed by atoms with Crippen molar-refractivity contribution in [2.75, 3.05) is 19.6 Å². The Bertz CT molecular complexity index is 1250. The first-order valence-electron chi connectivity index (χ1n) is 10.6. The van der Waals surface area contributed by atoms with E-state index >= 15 is 0 Å². The number of fused-ring (bicyclic) bond motifs is 1. The number of hydrogen-bond acceptors (Lipinski definition) is 4. The van der Waals surface area contributed by atoms with Crippen LogP contribution in [-0.4, -0.2) is 47.8 Å². The number of aryl methyl sites for hydroxylation is 2. The number of hydrogen-bond donors (Lipinski definition) is 1. The summed E-state index contributed by atoms with van der Waals surface area (Å²) in [6.45, 7) is 4.74. The molecule has 168 valence electrons. The van der Waals surface area contributed by atoms with Crippen molar-refractivity contribution in [3.63, 3.8) is 0 Å². The number of benzene rings is 2. The molecule has 1 aromatic heterocycles. The van der Waals surface area contributed by atoms with Gasteiger partial charge in [0.25, 0.3) is 0 Å². The number of rotatable bonds is 8. The van der Waals surface area contributed by atoms with E-state index in [1.165, 1.54) is 4.31 Å². The molecule has 0 unspecified atom stereocenters. The fourth-order valence-electron chi connectivity index (χ4n) is 3.45. The first-order valence-corrected chi connectivity index (χ1v) is 12.1. The smallest absolute Gasteiger partial charge is 0.243 e. The normalized spacial score (nSPS) is 11.4. The van der Waals surface area contributed by atoms with Gasteiger partial charge in [-0.3, -0.25) is 4.79 Å². The van der Waals surface area contributed by atoms with E-state index in [0.29, 0.717) is 25.0 Å². The van der Waals surface area contributed by atoms with E-state index in [4.69, 9.17) is 0 Å². The average molecular weight is 453 g/mol. The summed E-state index contributed by atoms with van der Waals surface area (Å²) in [5.74, 6) is 6.56. The van der Waals surface area contributed by atoms with Crippen molar-refractivity contribution in [2.24, 2.45) is 7.05 Å². The largest absolute Gasteiger partial charge is 0.345 e. The highest BCUT2D eigenvalue weighted by molar-refractivity contribution is 7.89. The zero-order valence-corrected chi connectivity index (χ0v) is 19.4. The number of sulfonamides is 1. The summed E-state index contributed by atoms with van der Waals surface area (Å²) in [4.78, 5) is 17.0. The number of imidazole rings is 1. The summed E-state index contributed by atoms with van der Waals surface area (Å²) in [5.41, 5.74) is 2.33. The van der Waals surface area contributed by atoms with Gasteiger partial charge in [-0.25, -0.2) is 13.4 Å². The topological polar surface area (TPSA) is 84.3 Å². The standard InChI is InChI=1S/C24H28N4O3S/c1-4-28(5-2)32(30,31)20-13-14-22-21(18-20)26-23(27(22)3)15-16-24(29)25-17-9-12-19-10-7-6-8-11-19/h6-8,10-11,13-14,18H,4-5,15-17H2,1-3H3,(H,25,29). The molecule has 0 bridgehead atoms. The molecule has 0 saturated heterocycles. The summed E-state index contributed by atoms with van der Waals surface area (Å²) < 4.78 is 28.9. The molecular weight excluding hydrogens is 424 g/mol.